The summed E-state index contributed by atoms with van der Waals surface area (Å²) in [4.78, 5) is 34.4. The van der Waals surface area contributed by atoms with E-state index < -0.39 is 11.9 Å². The number of para-hydroxylation sites is 2. The molecule has 0 atom stereocenters. The fourth-order valence-corrected chi connectivity index (χ4v) is 6.02. The number of hydrogen-bond acceptors (Lipinski definition) is 8. The Morgan fingerprint density at radius 1 is 0.407 bits per heavy atom. The molecule has 0 spiro atoms. The molecule has 0 saturated carbocycles. The minimum atomic E-state index is -0.452. The Balaban J connectivity index is 0.000000167. The highest BCUT2D eigenvalue weighted by Crippen LogP contribution is 2.39. The fourth-order valence-electron chi connectivity index (χ4n) is 6.02. The van der Waals surface area contributed by atoms with Gasteiger partial charge in [-0.1, -0.05) is 133 Å². The van der Waals surface area contributed by atoms with Crippen LogP contribution in [-0.2, 0) is 28.5 Å². The number of hydrogen-bond donors (Lipinski definition) is 0. The molecule has 8 nitrogen and oxygen atoms in total. The van der Waals surface area contributed by atoms with E-state index in [2.05, 4.69) is 9.98 Å². The van der Waals surface area contributed by atoms with Gasteiger partial charge in [0.15, 0.2) is 11.5 Å². The number of methoxy groups -OCH3 is 2. The quantitative estimate of drug-likeness (QED) is 0.126. The first kappa shape index (κ1) is 35.1. The summed E-state index contributed by atoms with van der Waals surface area (Å²) < 4.78 is 22.3. The number of ether oxygens (including phenoxy) is 4. The third-order valence-corrected chi connectivity index (χ3v) is 8.53. The van der Waals surface area contributed by atoms with Crippen LogP contribution in [0.2, 0.25) is 0 Å². The third-order valence-electron chi connectivity index (χ3n) is 8.53. The van der Waals surface area contributed by atoms with Crippen molar-refractivity contribution in [2.24, 2.45) is 9.98 Å². The molecule has 8 heteroatoms. The molecule has 0 radical (unpaired) electrons. The Labute approximate surface area is 313 Å². The van der Waals surface area contributed by atoms with E-state index in [1.54, 1.807) is 0 Å². The van der Waals surface area contributed by atoms with Crippen molar-refractivity contribution in [2.45, 2.75) is 0 Å². The number of nitrogens with zero attached hydrogens (tertiary/aromatic N) is 2. The highest BCUT2D eigenvalue weighted by atomic mass is 16.5. The second-order valence-electron chi connectivity index (χ2n) is 11.9. The van der Waals surface area contributed by atoms with Crippen LogP contribution in [0.5, 0.6) is 0 Å². The number of rotatable bonds is 6. The van der Waals surface area contributed by atoms with Gasteiger partial charge in [-0.3, -0.25) is 0 Å². The minimum Gasteiger partial charge on any atom is -0.465 e. The molecule has 264 valence electrons. The molecule has 0 amide bonds. The summed E-state index contributed by atoms with van der Waals surface area (Å²) in [6.07, 6.45) is 0. The van der Waals surface area contributed by atoms with E-state index >= 15 is 0 Å². The van der Waals surface area contributed by atoms with Crippen molar-refractivity contribution in [3.05, 3.63) is 203 Å². The number of carbonyl (C=O) groups is 2. The smallest absolute Gasteiger partial charge is 0.342 e. The van der Waals surface area contributed by atoms with Crippen LogP contribution in [0.15, 0.2) is 180 Å². The summed E-state index contributed by atoms with van der Waals surface area (Å²) in [5.74, 6) is 0.934. The van der Waals surface area contributed by atoms with Crippen LogP contribution in [0.1, 0.15) is 33.4 Å². The molecule has 6 aromatic rings. The van der Waals surface area contributed by atoms with Crippen LogP contribution in [0.3, 0.4) is 0 Å². The Bertz CT molecular complexity index is 2250. The monoisotopic (exact) mass is 710 g/mol. The first-order valence-electron chi connectivity index (χ1n) is 17.1. The molecule has 8 rings (SSSR count). The summed E-state index contributed by atoms with van der Waals surface area (Å²) in [7, 11) is 2.73. The number of benzene rings is 6. The Morgan fingerprint density at radius 2 is 0.704 bits per heavy atom. The largest absolute Gasteiger partial charge is 0.465 e. The first-order chi connectivity index (χ1) is 26.6. The zero-order valence-corrected chi connectivity index (χ0v) is 29.5. The van der Waals surface area contributed by atoms with Gasteiger partial charge in [0.05, 0.1) is 25.6 Å². The van der Waals surface area contributed by atoms with Gasteiger partial charge >= 0.3 is 11.9 Å². The predicted octanol–water partition coefficient (Wildman–Crippen LogP) is 9.67. The van der Waals surface area contributed by atoms with Crippen molar-refractivity contribution in [3.63, 3.8) is 0 Å². The minimum absolute atomic E-state index is 0.379. The van der Waals surface area contributed by atoms with Gasteiger partial charge in [0, 0.05) is 22.3 Å². The maximum absolute atomic E-state index is 12.6. The molecule has 54 heavy (non-hydrogen) atoms. The average molecular weight is 711 g/mol. The molecule has 0 aliphatic carbocycles. The molecule has 0 aromatic heterocycles. The number of carbonyl (C=O) groups excluding carboxylic acids is 2. The fraction of sp³-hybridized carbons (Fsp3) is 0.0435. The van der Waals surface area contributed by atoms with Crippen molar-refractivity contribution in [2.75, 3.05) is 14.2 Å². The summed E-state index contributed by atoms with van der Waals surface area (Å²) in [6, 6.07) is 53.2. The van der Waals surface area contributed by atoms with Crippen molar-refractivity contribution >= 4 is 57.8 Å². The molecule has 0 N–H and O–H groups in total. The molecule has 0 fully saturated rings. The lowest BCUT2D eigenvalue weighted by molar-refractivity contribution is -0.134. The predicted molar refractivity (Wildman–Crippen MR) is 211 cm³/mol. The highest BCUT2D eigenvalue weighted by Gasteiger charge is 2.32. The van der Waals surface area contributed by atoms with E-state index in [9.17, 15) is 9.59 Å². The third kappa shape index (κ3) is 7.49. The van der Waals surface area contributed by atoms with Gasteiger partial charge in [-0.2, -0.15) is 0 Å². The Kier molecular flexibility index (Phi) is 10.6. The van der Waals surface area contributed by atoms with Crippen molar-refractivity contribution in [1.29, 1.82) is 0 Å². The van der Waals surface area contributed by atoms with Crippen LogP contribution in [0, 0.1) is 0 Å². The van der Waals surface area contributed by atoms with Gasteiger partial charge in [0.25, 0.3) is 0 Å². The van der Waals surface area contributed by atoms with Crippen LogP contribution in [0.4, 0.5) is 11.4 Å². The number of fused-ring (bicyclic) bond motifs is 2. The molecular formula is C46H34N2O6. The lowest BCUT2D eigenvalue weighted by Gasteiger charge is -2.10. The lowest BCUT2D eigenvalue weighted by atomic mass is 9.99. The van der Waals surface area contributed by atoms with Gasteiger partial charge in [-0.15, -0.1) is 0 Å². The van der Waals surface area contributed by atoms with E-state index in [0.29, 0.717) is 34.5 Å². The molecule has 6 aromatic carbocycles. The summed E-state index contributed by atoms with van der Waals surface area (Å²) in [6.45, 7) is 0. The van der Waals surface area contributed by atoms with E-state index in [4.69, 9.17) is 18.9 Å². The van der Waals surface area contributed by atoms with E-state index in [1.807, 2.05) is 170 Å². The molecule has 2 aliphatic heterocycles. The summed E-state index contributed by atoms with van der Waals surface area (Å²) >= 11 is 0. The Morgan fingerprint density at radius 3 is 1.04 bits per heavy atom. The molecule has 0 bridgehead atoms. The maximum Gasteiger partial charge on any atom is 0.342 e. The van der Waals surface area contributed by atoms with E-state index in [-0.39, 0.29) is 0 Å². The van der Waals surface area contributed by atoms with Crippen molar-refractivity contribution < 1.29 is 28.5 Å². The lowest BCUT2D eigenvalue weighted by Crippen LogP contribution is -2.07. The van der Waals surface area contributed by atoms with Gasteiger partial charge in [0.2, 0.25) is 11.8 Å². The van der Waals surface area contributed by atoms with Gasteiger partial charge in [0.1, 0.15) is 11.1 Å². The van der Waals surface area contributed by atoms with Crippen molar-refractivity contribution in [1.82, 2.24) is 0 Å². The maximum atomic E-state index is 12.6. The molecule has 0 unspecified atom stereocenters. The SMILES string of the molecule is COC(=O)/C(=C1/OC(=Nc2ccccc2)c2ccccc21)c1ccccc1.COC(=O)/C(=C1/OC(=Nc2ccccc2)c2ccccc21)c1ccccc1. The second kappa shape index (κ2) is 16.4. The van der Waals surface area contributed by atoms with Crippen molar-refractivity contribution in [3.8, 4) is 0 Å². The molecule has 0 saturated heterocycles. The summed E-state index contributed by atoms with van der Waals surface area (Å²) in [5.41, 5.74) is 7.10. The van der Waals surface area contributed by atoms with Gasteiger partial charge in [-0.05, 0) is 47.5 Å². The highest BCUT2D eigenvalue weighted by molar-refractivity contribution is 6.28. The topological polar surface area (TPSA) is 95.8 Å². The van der Waals surface area contributed by atoms with Crippen LogP contribution >= 0.6 is 0 Å². The zero-order valence-electron chi connectivity index (χ0n) is 29.5. The standard InChI is InChI=1S/2C23H17NO3/c2*1-26-23(25)20(16-10-4-2-5-11-16)21-18-14-8-9-15-19(18)22(27-21)24-17-12-6-3-7-13-17/h2*2-15H,1H3/b2*21-20+,24-22?. The normalized spacial score (nSPS) is 15.8. The van der Waals surface area contributed by atoms with Gasteiger partial charge in [-0.25, -0.2) is 19.6 Å². The molecular weight excluding hydrogens is 677 g/mol. The first-order valence-corrected chi connectivity index (χ1v) is 17.1. The molecule has 2 heterocycles. The molecule has 2 aliphatic rings. The number of aliphatic imine (C=N–C) groups is 2. The summed E-state index contributed by atoms with van der Waals surface area (Å²) in [5, 5.41) is 0. The van der Waals surface area contributed by atoms with Crippen LogP contribution in [-0.4, -0.2) is 38.0 Å². The van der Waals surface area contributed by atoms with E-state index in [0.717, 1.165) is 44.8 Å². The Hall–Kier alpha value is -7.32. The number of esters is 2. The average Bonchev–Trinajstić information content (AvgIpc) is 3.77. The second-order valence-corrected chi connectivity index (χ2v) is 11.9. The van der Waals surface area contributed by atoms with E-state index in [1.165, 1.54) is 14.2 Å². The van der Waals surface area contributed by atoms with Crippen LogP contribution in [0.25, 0.3) is 22.7 Å². The van der Waals surface area contributed by atoms with Crippen LogP contribution < -0.4 is 0 Å². The zero-order chi connectivity index (χ0) is 37.3. The van der Waals surface area contributed by atoms with Gasteiger partial charge < -0.3 is 18.9 Å².